The second-order valence-corrected chi connectivity index (χ2v) is 2.70. The smallest absolute Gasteiger partial charge is 0.300 e. The summed E-state index contributed by atoms with van der Waals surface area (Å²) in [4.78, 5) is 27.0. The molecule has 18 heavy (non-hydrogen) atoms. The van der Waals surface area contributed by atoms with Crippen LogP contribution in [0.25, 0.3) is 0 Å². The number of carboxylic acids is 3. The van der Waals surface area contributed by atoms with E-state index in [0.717, 1.165) is 33.9 Å². The molecular weight excluding hydrogens is 246 g/mol. The zero-order valence-corrected chi connectivity index (χ0v) is 11.4. The fraction of sp³-hybridized carbons (Fsp3) is 0.700. The van der Waals surface area contributed by atoms with E-state index in [1.165, 1.54) is 5.06 Å². The fourth-order valence-corrected chi connectivity index (χ4v) is 0.224. The van der Waals surface area contributed by atoms with Crippen molar-refractivity contribution in [1.82, 2.24) is 5.06 Å². The van der Waals surface area contributed by atoms with E-state index >= 15 is 0 Å². The molecule has 8 heteroatoms. The van der Waals surface area contributed by atoms with Crippen LogP contribution < -0.4 is 0 Å². The number of hydrogen-bond acceptors (Lipinski definition) is 5. The Morgan fingerprint density at radius 2 is 0.889 bits per heavy atom. The third-order valence-electron chi connectivity index (χ3n) is 0.730. The van der Waals surface area contributed by atoms with E-state index in [1.54, 1.807) is 0 Å². The van der Waals surface area contributed by atoms with E-state index in [-0.39, 0.29) is 0 Å². The third-order valence-corrected chi connectivity index (χ3v) is 0.730. The Bertz CT molecular complexity index is 174. The second-order valence-electron chi connectivity index (χ2n) is 2.70. The summed E-state index contributed by atoms with van der Waals surface area (Å²) in [5.74, 6) is -2.50. The maximum Gasteiger partial charge on any atom is 0.300 e. The molecule has 0 fully saturated rings. The molecule has 0 saturated carbocycles. The first-order valence-electron chi connectivity index (χ1n) is 5.03. The number of carbonyl (C=O) groups is 3. The highest BCUT2D eigenvalue weighted by Gasteiger charge is 1.84. The molecule has 0 aromatic carbocycles. The van der Waals surface area contributed by atoms with Gasteiger partial charge in [-0.2, -0.15) is 5.06 Å². The van der Waals surface area contributed by atoms with E-state index in [1.807, 2.05) is 13.8 Å². The summed E-state index contributed by atoms with van der Waals surface area (Å²) in [5, 5.41) is 32.0. The Morgan fingerprint density at radius 3 is 0.889 bits per heavy atom. The molecule has 0 aliphatic rings. The summed E-state index contributed by atoms with van der Waals surface area (Å²) in [7, 11) is 0. The lowest BCUT2D eigenvalue weighted by Crippen LogP contribution is -2.16. The number of carboxylic acid groups (broad SMARTS) is 3. The minimum absolute atomic E-state index is 0.719. The van der Waals surface area contributed by atoms with Gasteiger partial charge in [0.2, 0.25) is 0 Å². The average molecular weight is 269 g/mol. The van der Waals surface area contributed by atoms with Gasteiger partial charge in [-0.25, -0.2) is 0 Å². The van der Waals surface area contributed by atoms with Crippen molar-refractivity contribution < 1.29 is 34.9 Å². The topological polar surface area (TPSA) is 135 Å². The molecule has 0 atom stereocenters. The van der Waals surface area contributed by atoms with Crippen LogP contribution in [0.4, 0.5) is 0 Å². The van der Waals surface area contributed by atoms with Crippen LogP contribution in [-0.2, 0) is 14.4 Å². The van der Waals surface area contributed by atoms with Crippen LogP contribution in [0.15, 0.2) is 0 Å². The van der Waals surface area contributed by atoms with E-state index < -0.39 is 17.9 Å². The van der Waals surface area contributed by atoms with Crippen molar-refractivity contribution in [2.75, 3.05) is 13.1 Å². The van der Waals surface area contributed by atoms with Crippen LogP contribution in [0.5, 0.6) is 0 Å². The summed E-state index contributed by atoms with van der Waals surface area (Å²) in [6.45, 7) is 8.50. The average Bonchev–Trinajstić information content (AvgIpc) is 2.13. The second kappa shape index (κ2) is 20.7. The first kappa shape index (κ1) is 25.2. The lowest BCUT2D eigenvalue weighted by Gasteiger charge is -2.05. The molecule has 0 spiro atoms. The van der Waals surface area contributed by atoms with Gasteiger partial charge in [0, 0.05) is 33.9 Å². The van der Waals surface area contributed by atoms with Gasteiger partial charge in [0.15, 0.2) is 0 Å². The van der Waals surface area contributed by atoms with Crippen molar-refractivity contribution >= 4 is 17.9 Å². The number of nitrogens with zero attached hydrogens (tertiary/aromatic N) is 1. The predicted octanol–water partition coefficient (Wildman–Crippen LogP) is 0.990. The molecule has 110 valence electrons. The number of hydroxylamine groups is 2. The fourth-order valence-electron chi connectivity index (χ4n) is 0.224. The quantitative estimate of drug-likeness (QED) is 0.545. The maximum atomic E-state index is 9.00. The van der Waals surface area contributed by atoms with Crippen molar-refractivity contribution in [3.63, 3.8) is 0 Å². The third kappa shape index (κ3) is 469. The Kier molecular flexibility index (Phi) is 29.0. The number of rotatable bonds is 2. The molecule has 0 aromatic rings. The predicted molar refractivity (Wildman–Crippen MR) is 64.6 cm³/mol. The molecule has 0 aliphatic heterocycles. The van der Waals surface area contributed by atoms with E-state index in [0.29, 0.717) is 0 Å². The van der Waals surface area contributed by atoms with Gasteiger partial charge in [-0.1, -0.05) is 13.8 Å². The highest BCUT2D eigenvalue weighted by atomic mass is 16.5. The van der Waals surface area contributed by atoms with Gasteiger partial charge >= 0.3 is 0 Å². The van der Waals surface area contributed by atoms with Crippen molar-refractivity contribution in [3.05, 3.63) is 0 Å². The Labute approximate surface area is 106 Å². The molecule has 0 unspecified atom stereocenters. The first-order valence-corrected chi connectivity index (χ1v) is 5.03. The number of hydrogen-bond donors (Lipinski definition) is 4. The minimum atomic E-state index is -0.833. The van der Waals surface area contributed by atoms with Gasteiger partial charge in [-0.15, -0.1) is 0 Å². The Balaban J connectivity index is -0.0000000742. The zero-order valence-electron chi connectivity index (χ0n) is 11.4. The summed E-state index contributed by atoms with van der Waals surface area (Å²) >= 11 is 0. The molecule has 0 aliphatic carbocycles. The van der Waals surface area contributed by atoms with Gasteiger partial charge in [0.1, 0.15) is 0 Å². The molecule has 0 aromatic heterocycles. The normalized spacial score (nSPS) is 7.50. The summed E-state index contributed by atoms with van der Waals surface area (Å²) < 4.78 is 0. The molecule has 4 N–H and O–H groups in total. The maximum absolute atomic E-state index is 9.00. The van der Waals surface area contributed by atoms with Gasteiger partial charge < -0.3 is 20.5 Å². The van der Waals surface area contributed by atoms with Crippen LogP contribution in [0.1, 0.15) is 34.6 Å². The molecule has 0 radical (unpaired) electrons. The molecule has 0 rings (SSSR count). The lowest BCUT2D eigenvalue weighted by molar-refractivity contribution is -0.135. The lowest BCUT2D eigenvalue weighted by atomic mass is 10.6. The van der Waals surface area contributed by atoms with Crippen LogP contribution >= 0.6 is 0 Å². The van der Waals surface area contributed by atoms with Crippen molar-refractivity contribution in [1.29, 1.82) is 0 Å². The van der Waals surface area contributed by atoms with Gasteiger partial charge in [0.25, 0.3) is 17.9 Å². The van der Waals surface area contributed by atoms with Crippen LogP contribution in [0.3, 0.4) is 0 Å². The van der Waals surface area contributed by atoms with Gasteiger partial charge in [-0.05, 0) is 0 Å². The minimum Gasteiger partial charge on any atom is -0.481 e. The number of aliphatic carboxylic acids is 3. The highest BCUT2D eigenvalue weighted by molar-refractivity contribution is 5.63. The Morgan fingerprint density at radius 1 is 0.778 bits per heavy atom. The van der Waals surface area contributed by atoms with E-state index in [2.05, 4.69) is 0 Å². The van der Waals surface area contributed by atoms with Crippen LogP contribution in [-0.4, -0.2) is 56.6 Å². The Hall–Kier alpha value is -1.67. The standard InChI is InChI=1S/C4H11NO.3C2H4O2/c1-3-5(6)4-2;3*1-2(3)4/h6H,3-4H2,1-2H3;3*1H3,(H,3,4). The monoisotopic (exact) mass is 269 g/mol. The summed E-state index contributed by atoms with van der Waals surface area (Å²) in [5.41, 5.74) is 0. The summed E-state index contributed by atoms with van der Waals surface area (Å²) in [6.07, 6.45) is 0. The van der Waals surface area contributed by atoms with Crippen molar-refractivity contribution in [2.24, 2.45) is 0 Å². The van der Waals surface area contributed by atoms with Crippen LogP contribution in [0.2, 0.25) is 0 Å². The van der Waals surface area contributed by atoms with Crippen molar-refractivity contribution in [2.45, 2.75) is 34.6 Å². The largest absolute Gasteiger partial charge is 0.481 e. The zero-order chi connectivity index (χ0) is 15.7. The molecule has 8 nitrogen and oxygen atoms in total. The highest BCUT2D eigenvalue weighted by Crippen LogP contribution is 1.73. The van der Waals surface area contributed by atoms with E-state index in [9.17, 15) is 0 Å². The molecule has 0 saturated heterocycles. The SMILES string of the molecule is CC(=O)O.CC(=O)O.CC(=O)O.CCN(O)CC. The molecule has 0 amide bonds. The van der Waals surface area contributed by atoms with Gasteiger partial charge in [0.05, 0.1) is 0 Å². The molecule has 0 bridgehead atoms. The van der Waals surface area contributed by atoms with Gasteiger partial charge in [-0.3, -0.25) is 14.4 Å². The van der Waals surface area contributed by atoms with Crippen LogP contribution in [0, 0.1) is 0 Å². The first-order chi connectivity index (χ1) is 8.00. The van der Waals surface area contributed by atoms with E-state index in [4.69, 9.17) is 34.9 Å². The molecular formula is C10H23NO7. The van der Waals surface area contributed by atoms with Crippen molar-refractivity contribution in [3.8, 4) is 0 Å². The summed E-state index contributed by atoms with van der Waals surface area (Å²) in [6, 6.07) is 0. The molecule has 0 heterocycles.